The molecule has 2 N–H and O–H groups in total. The van der Waals surface area contributed by atoms with Crippen LogP contribution < -0.4 is 4.72 Å². The van der Waals surface area contributed by atoms with Gasteiger partial charge < -0.3 is 5.11 Å². The van der Waals surface area contributed by atoms with E-state index in [1.807, 2.05) is 0 Å². The van der Waals surface area contributed by atoms with Crippen molar-refractivity contribution in [2.24, 2.45) is 5.92 Å². The monoisotopic (exact) mass is 318 g/mol. The van der Waals surface area contributed by atoms with Crippen molar-refractivity contribution >= 4 is 10.2 Å². The van der Waals surface area contributed by atoms with Gasteiger partial charge >= 0.3 is 6.18 Å². The minimum atomic E-state index is -4.19. The number of nitrogens with one attached hydrogen (secondary N) is 1. The van der Waals surface area contributed by atoms with Gasteiger partial charge in [0.05, 0.1) is 0 Å². The van der Waals surface area contributed by atoms with E-state index >= 15 is 0 Å². The van der Waals surface area contributed by atoms with Crippen molar-refractivity contribution in [3.05, 3.63) is 0 Å². The topological polar surface area (TPSA) is 69.6 Å². The maximum atomic E-state index is 11.9. The van der Waals surface area contributed by atoms with Gasteiger partial charge in [-0.2, -0.15) is 25.9 Å². The van der Waals surface area contributed by atoms with Crippen LogP contribution in [0.15, 0.2) is 0 Å². The SMILES string of the molecule is O=S(=O)(NCCCCC(F)(F)F)N1CCCC(CO)C1. The van der Waals surface area contributed by atoms with E-state index in [-0.39, 0.29) is 38.5 Å². The average Bonchev–Trinajstić information content (AvgIpc) is 2.37. The van der Waals surface area contributed by atoms with Gasteiger partial charge in [0.25, 0.3) is 10.2 Å². The van der Waals surface area contributed by atoms with Crippen LogP contribution in [0.4, 0.5) is 13.2 Å². The number of nitrogens with zero attached hydrogens (tertiary/aromatic N) is 1. The molecule has 120 valence electrons. The summed E-state index contributed by atoms with van der Waals surface area (Å²) in [6.45, 7) is 0.582. The maximum Gasteiger partial charge on any atom is 0.389 e. The normalized spacial score (nSPS) is 22.1. The van der Waals surface area contributed by atoms with Gasteiger partial charge in [-0.1, -0.05) is 0 Å². The van der Waals surface area contributed by atoms with Gasteiger partial charge in [0, 0.05) is 32.7 Å². The van der Waals surface area contributed by atoms with Crippen LogP contribution in [0.1, 0.15) is 32.1 Å². The Morgan fingerprint density at radius 3 is 2.60 bits per heavy atom. The molecule has 0 saturated carbocycles. The van der Waals surface area contributed by atoms with Gasteiger partial charge in [-0.25, -0.2) is 4.72 Å². The Morgan fingerprint density at radius 2 is 2.00 bits per heavy atom. The third-order valence-electron chi connectivity index (χ3n) is 3.25. The molecule has 5 nitrogen and oxygen atoms in total. The molecule has 0 aromatic rings. The lowest BCUT2D eigenvalue weighted by molar-refractivity contribution is -0.135. The Balaban J connectivity index is 2.31. The summed E-state index contributed by atoms with van der Waals surface area (Å²) in [6, 6.07) is 0. The zero-order chi connectivity index (χ0) is 15.2. The molecule has 1 atom stereocenters. The second kappa shape index (κ2) is 7.58. The van der Waals surface area contributed by atoms with Gasteiger partial charge in [-0.15, -0.1) is 0 Å². The highest BCUT2D eigenvalue weighted by Gasteiger charge is 2.28. The van der Waals surface area contributed by atoms with Crippen molar-refractivity contribution in [3.8, 4) is 0 Å². The van der Waals surface area contributed by atoms with E-state index in [0.29, 0.717) is 13.0 Å². The summed E-state index contributed by atoms with van der Waals surface area (Å²) in [6.07, 6.45) is -3.57. The lowest BCUT2D eigenvalue weighted by Crippen LogP contribution is -2.46. The molecule has 0 bridgehead atoms. The molecule has 20 heavy (non-hydrogen) atoms. The predicted molar refractivity (Wildman–Crippen MR) is 68.2 cm³/mol. The molecule has 1 aliphatic heterocycles. The summed E-state index contributed by atoms with van der Waals surface area (Å²) in [5.74, 6) is -0.0643. The standard InChI is InChI=1S/C11H21F3N2O3S/c12-11(13,14)5-1-2-6-15-20(18,19)16-7-3-4-10(8-16)9-17/h10,15,17H,1-9H2. The molecule has 0 amide bonds. The number of hydrogen-bond donors (Lipinski definition) is 2. The van der Waals surface area contributed by atoms with E-state index in [2.05, 4.69) is 4.72 Å². The summed E-state index contributed by atoms with van der Waals surface area (Å²) in [5, 5.41) is 9.05. The molecule has 1 fully saturated rings. The van der Waals surface area contributed by atoms with Crippen molar-refractivity contribution in [1.82, 2.24) is 9.03 Å². The van der Waals surface area contributed by atoms with Crippen LogP contribution in [0.5, 0.6) is 0 Å². The van der Waals surface area contributed by atoms with Crippen molar-refractivity contribution in [1.29, 1.82) is 0 Å². The number of hydrogen-bond acceptors (Lipinski definition) is 3. The fraction of sp³-hybridized carbons (Fsp3) is 1.00. The predicted octanol–water partition coefficient (Wildman–Crippen LogP) is 1.26. The Bertz CT molecular complexity index is 387. The number of halogens is 3. The zero-order valence-electron chi connectivity index (χ0n) is 11.2. The first-order chi connectivity index (χ1) is 9.24. The smallest absolute Gasteiger partial charge is 0.389 e. The summed E-state index contributed by atoms with van der Waals surface area (Å²) in [7, 11) is -3.65. The van der Waals surface area contributed by atoms with Crippen LogP contribution in [0, 0.1) is 5.92 Å². The fourth-order valence-electron chi connectivity index (χ4n) is 2.14. The molecule has 0 aromatic carbocycles. The van der Waals surface area contributed by atoms with Crippen LogP contribution >= 0.6 is 0 Å². The van der Waals surface area contributed by atoms with Crippen molar-refractivity contribution in [2.75, 3.05) is 26.2 Å². The van der Waals surface area contributed by atoms with E-state index < -0.39 is 22.8 Å². The largest absolute Gasteiger partial charge is 0.396 e. The van der Waals surface area contributed by atoms with Gasteiger partial charge in [0.2, 0.25) is 0 Å². The Hall–Kier alpha value is -0.380. The first-order valence-corrected chi connectivity index (χ1v) is 8.11. The molecule has 1 heterocycles. The second-order valence-electron chi connectivity index (χ2n) is 5.02. The average molecular weight is 318 g/mol. The molecule has 1 aliphatic rings. The van der Waals surface area contributed by atoms with Crippen molar-refractivity contribution in [2.45, 2.75) is 38.3 Å². The minimum absolute atomic E-state index is 0.00128. The van der Waals surface area contributed by atoms with Crippen LogP contribution in [0.25, 0.3) is 0 Å². The number of aliphatic hydroxyl groups excluding tert-OH is 1. The van der Waals surface area contributed by atoms with Crippen LogP contribution in [-0.4, -0.2) is 50.2 Å². The molecule has 1 rings (SSSR count). The van der Waals surface area contributed by atoms with Gasteiger partial charge in [0.1, 0.15) is 0 Å². The Morgan fingerprint density at radius 1 is 1.30 bits per heavy atom. The number of rotatable bonds is 7. The lowest BCUT2D eigenvalue weighted by atomic mass is 10.0. The summed E-state index contributed by atoms with van der Waals surface area (Å²) < 4.78 is 63.2. The summed E-state index contributed by atoms with van der Waals surface area (Å²) in [5.41, 5.74) is 0. The van der Waals surface area contributed by atoms with Gasteiger partial charge in [-0.3, -0.25) is 0 Å². The maximum absolute atomic E-state index is 11.9. The molecule has 1 unspecified atom stereocenters. The highest BCUT2D eigenvalue weighted by molar-refractivity contribution is 7.87. The minimum Gasteiger partial charge on any atom is -0.396 e. The first-order valence-electron chi connectivity index (χ1n) is 6.67. The molecule has 0 radical (unpaired) electrons. The second-order valence-corrected chi connectivity index (χ2v) is 6.78. The molecule has 0 aliphatic carbocycles. The Labute approximate surface area is 117 Å². The first kappa shape index (κ1) is 17.7. The number of unbranched alkanes of at least 4 members (excludes halogenated alkanes) is 1. The van der Waals surface area contributed by atoms with E-state index in [9.17, 15) is 21.6 Å². The summed E-state index contributed by atoms with van der Waals surface area (Å²) in [4.78, 5) is 0. The summed E-state index contributed by atoms with van der Waals surface area (Å²) >= 11 is 0. The highest BCUT2D eigenvalue weighted by Crippen LogP contribution is 2.22. The van der Waals surface area contributed by atoms with E-state index in [0.717, 1.165) is 6.42 Å². The van der Waals surface area contributed by atoms with E-state index in [1.165, 1.54) is 4.31 Å². The molecule has 0 aromatic heterocycles. The molecular formula is C11H21F3N2O3S. The van der Waals surface area contributed by atoms with Gasteiger partial charge in [0.15, 0.2) is 0 Å². The van der Waals surface area contributed by atoms with E-state index in [1.54, 1.807) is 0 Å². The molecule has 1 saturated heterocycles. The quantitative estimate of drug-likeness (QED) is 0.694. The van der Waals surface area contributed by atoms with Crippen LogP contribution in [0.2, 0.25) is 0 Å². The molecule has 9 heteroatoms. The van der Waals surface area contributed by atoms with Crippen LogP contribution in [-0.2, 0) is 10.2 Å². The molecular weight excluding hydrogens is 297 g/mol. The number of alkyl halides is 3. The zero-order valence-corrected chi connectivity index (χ0v) is 12.0. The number of aliphatic hydroxyl groups is 1. The lowest BCUT2D eigenvalue weighted by Gasteiger charge is -2.30. The van der Waals surface area contributed by atoms with Gasteiger partial charge in [-0.05, 0) is 31.6 Å². The fourth-order valence-corrected chi connectivity index (χ4v) is 3.50. The molecule has 0 spiro atoms. The van der Waals surface area contributed by atoms with Crippen molar-refractivity contribution in [3.63, 3.8) is 0 Å². The van der Waals surface area contributed by atoms with E-state index in [4.69, 9.17) is 5.11 Å². The van der Waals surface area contributed by atoms with Crippen molar-refractivity contribution < 1.29 is 26.7 Å². The Kier molecular flexibility index (Phi) is 6.70. The highest BCUT2D eigenvalue weighted by atomic mass is 32.2. The number of piperidine rings is 1. The van der Waals surface area contributed by atoms with Crippen LogP contribution in [0.3, 0.4) is 0 Å². The third-order valence-corrected chi connectivity index (χ3v) is 4.83. The third kappa shape index (κ3) is 6.38.